The average Bonchev–Trinajstić information content (AvgIpc) is 2.72. The molecule has 0 aliphatic heterocycles. The van der Waals surface area contributed by atoms with Crippen LogP contribution in [0.4, 0.5) is 5.69 Å². The number of aromatic nitrogens is 2. The minimum atomic E-state index is -0.833. The summed E-state index contributed by atoms with van der Waals surface area (Å²) >= 11 is 0. The van der Waals surface area contributed by atoms with Crippen LogP contribution < -0.4 is 21.2 Å². The minimum Gasteiger partial charge on any atom is -0.495 e. The third kappa shape index (κ3) is 4.32. The summed E-state index contributed by atoms with van der Waals surface area (Å²) in [6.45, 7) is 1.13. The standard InChI is InChI=1S/C21H19N3O5/c1-14(25)15-7-9-16(10-8-15)22-19(26)13-23-11-12-24(21(28)20(23)27)17-5-3-4-6-18(17)29-2/h3-12H,13H2,1-2H3,(H,22,26). The highest BCUT2D eigenvalue weighted by Gasteiger charge is 2.12. The molecule has 1 aromatic heterocycles. The molecule has 0 unspecified atom stereocenters. The predicted octanol–water partition coefficient (Wildman–Crippen LogP) is 1.85. The summed E-state index contributed by atoms with van der Waals surface area (Å²) in [7, 11) is 1.47. The molecule has 1 amide bonds. The van der Waals surface area contributed by atoms with Crippen LogP contribution in [0, 0.1) is 0 Å². The highest BCUT2D eigenvalue weighted by atomic mass is 16.5. The van der Waals surface area contributed by atoms with Crippen LogP contribution in [0.1, 0.15) is 17.3 Å². The molecule has 1 N–H and O–H groups in total. The van der Waals surface area contributed by atoms with Crippen LogP contribution in [-0.4, -0.2) is 27.9 Å². The lowest BCUT2D eigenvalue weighted by molar-refractivity contribution is -0.116. The van der Waals surface area contributed by atoms with Crippen molar-refractivity contribution in [3.63, 3.8) is 0 Å². The van der Waals surface area contributed by atoms with Gasteiger partial charge in [-0.15, -0.1) is 0 Å². The summed E-state index contributed by atoms with van der Waals surface area (Å²) in [5.41, 5.74) is -0.190. The van der Waals surface area contributed by atoms with Crippen molar-refractivity contribution in [1.82, 2.24) is 9.13 Å². The van der Waals surface area contributed by atoms with Gasteiger partial charge in [0.05, 0.1) is 12.8 Å². The van der Waals surface area contributed by atoms with Crippen molar-refractivity contribution in [2.24, 2.45) is 0 Å². The summed E-state index contributed by atoms with van der Waals surface area (Å²) < 4.78 is 7.44. The smallest absolute Gasteiger partial charge is 0.321 e. The van der Waals surface area contributed by atoms with Crippen molar-refractivity contribution in [2.75, 3.05) is 12.4 Å². The van der Waals surface area contributed by atoms with Gasteiger partial charge in [-0.05, 0) is 43.3 Å². The maximum absolute atomic E-state index is 12.5. The van der Waals surface area contributed by atoms with Crippen LogP contribution in [-0.2, 0) is 11.3 Å². The van der Waals surface area contributed by atoms with Crippen molar-refractivity contribution in [3.05, 3.63) is 87.2 Å². The third-order valence-corrected chi connectivity index (χ3v) is 4.29. The van der Waals surface area contributed by atoms with Gasteiger partial charge in [-0.1, -0.05) is 12.1 Å². The fourth-order valence-corrected chi connectivity index (χ4v) is 2.79. The normalized spacial score (nSPS) is 10.4. The maximum Gasteiger partial charge on any atom is 0.321 e. The number of hydrogen-bond acceptors (Lipinski definition) is 5. The number of anilines is 1. The molecule has 3 aromatic rings. The minimum absolute atomic E-state index is 0.0787. The number of ether oxygens (including phenoxy) is 1. The van der Waals surface area contributed by atoms with Crippen molar-refractivity contribution in [3.8, 4) is 11.4 Å². The molecular formula is C21H19N3O5. The molecule has 0 saturated carbocycles. The summed E-state index contributed by atoms with van der Waals surface area (Å²) in [5, 5.41) is 2.63. The lowest BCUT2D eigenvalue weighted by Gasteiger charge is -2.12. The van der Waals surface area contributed by atoms with Gasteiger partial charge >= 0.3 is 11.1 Å². The van der Waals surface area contributed by atoms with Crippen LogP contribution in [0.2, 0.25) is 0 Å². The Morgan fingerprint density at radius 2 is 1.66 bits per heavy atom. The molecule has 0 fully saturated rings. The zero-order valence-electron chi connectivity index (χ0n) is 15.9. The van der Waals surface area contributed by atoms with E-state index in [1.807, 2.05) is 0 Å². The maximum atomic E-state index is 12.5. The third-order valence-electron chi connectivity index (χ3n) is 4.29. The second kappa shape index (κ2) is 8.39. The second-order valence-corrected chi connectivity index (χ2v) is 6.26. The molecule has 0 aliphatic rings. The molecule has 0 bridgehead atoms. The Morgan fingerprint density at radius 3 is 2.31 bits per heavy atom. The Morgan fingerprint density at radius 1 is 0.966 bits per heavy atom. The van der Waals surface area contributed by atoms with Crippen molar-refractivity contribution >= 4 is 17.4 Å². The van der Waals surface area contributed by atoms with E-state index in [1.54, 1.807) is 48.5 Å². The number of Topliss-reactive ketones (excluding diaryl/α,β-unsaturated/α-hetero) is 1. The Kier molecular flexibility index (Phi) is 5.73. The molecule has 0 saturated heterocycles. The summed E-state index contributed by atoms with van der Waals surface area (Å²) in [4.78, 5) is 48.5. The Balaban J connectivity index is 1.81. The lowest BCUT2D eigenvalue weighted by Crippen LogP contribution is -2.41. The number of para-hydroxylation sites is 2. The van der Waals surface area contributed by atoms with Crippen LogP contribution >= 0.6 is 0 Å². The number of carbonyl (C=O) groups excluding carboxylic acids is 2. The van der Waals surface area contributed by atoms with Gasteiger partial charge in [0, 0.05) is 23.6 Å². The number of methoxy groups -OCH3 is 1. The summed E-state index contributed by atoms with van der Waals surface area (Å²) in [5.74, 6) is -0.111. The first-order chi connectivity index (χ1) is 13.9. The lowest BCUT2D eigenvalue weighted by atomic mass is 10.1. The monoisotopic (exact) mass is 393 g/mol. The second-order valence-electron chi connectivity index (χ2n) is 6.26. The molecule has 8 heteroatoms. The quantitative estimate of drug-likeness (QED) is 0.509. The molecule has 29 heavy (non-hydrogen) atoms. The van der Waals surface area contributed by atoms with E-state index in [4.69, 9.17) is 4.74 Å². The highest BCUT2D eigenvalue weighted by Crippen LogP contribution is 2.19. The predicted molar refractivity (Wildman–Crippen MR) is 108 cm³/mol. The fraction of sp³-hybridized carbons (Fsp3) is 0.143. The molecule has 0 aliphatic carbocycles. The van der Waals surface area contributed by atoms with E-state index in [1.165, 1.54) is 31.0 Å². The Bertz CT molecular complexity index is 1180. The van der Waals surface area contributed by atoms with E-state index in [2.05, 4.69) is 5.32 Å². The number of rotatable bonds is 6. The largest absolute Gasteiger partial charge is 0.495 e. The molecule has 8 nitrogen and oxygen atoms in total. The van der Waals surface area contributed by atoms with Gasteiger partial charge in [-0.2, -0.15) is 0 Å². The average molecular weight is 393 g/mol. The first-order valence-corrected chi connectivity index (χ1v) is 8.77. The topological polar surface area (TPSA) is 99.4 Å². The molecule has 3 rings (SSSR count). The zero-order valence-corrected chi connectivity index (χ0v) is 15.9. The number of nitrogens with zero attached hydrogens (tertiary/aromatic N) is 2. The van der Waals surface area contributed by atoms with Crippen LogP contribution in [0.25, 0.3) is 5.69 Å². The van der Waals surface area contributed by atoms with E-state index >= 15 is 0 Å². The zero-order chi connectivity index (χ0) is 21.0. The Labute approximate surface area is 166 Å². The van der Waals surface area contributed by atoms with Gasteiger partial charge in [0.2, 0.25) is 5.91 Å². The van der Waals surface area contributed by atoms with Gasteiger partial charge in [-0.3, -0.25) is 28.3 Å². The number of amides is 1. The van der Waals surface area contributed by atoms with Gasteiger partial charge in [0.25, 0.3) is 0 Å². The van der Waals surface area contributed by atoms with Crippen molar-refractivity contribution in [2.45, 2.75) is 13.5 Å². The van der Waals surface area contributed by atoms with E-state index in [9.17, 15) is 19.2 Å². The number of ketones is 1. The van der Waals surface area contributed by atoms with Crippen molar-refractivity contribution < 1.29 is 14.3 Å². The molecule has 1 heterocycles. The molecular weight excluding hydrogens is 374 g/mol. The number of hydrogen-bond donors (Lipinski definition) is 1. The number of nitrogens with one attached hydrogen (secondary N) is 1. The first kappa shape index (κ1) is 19.8. The van der Waals surface area contributed by atoms with E-state index in [0.29, 0.717) is 22.7 Å². The van der Waals surface area contributed by atoms with Gasteiger partial charge in [0.1, 0.15) is 12.3 Å². The Hall–Kier alpha value is -3.94. The number of carbonyl (C=O) groups is 2. The molecule has 148 valence electrons. The molecule has 0 spiro atoms. The first-order valence-electron chi connectivity index (χ1n) is 8.77. The highest BCUT2D eigenvalue weighted by molar-refractivity contribution is 5.95. The molecule has 0 radical (unpaired) electrons. The van der Waals surface area contributed by atoms with E-state index in [-0.39, 0.29) is 12.3 Å². The number of benzene rings is 2. The molecule has 2 aromatic carbocycles. The molecule has 0 atom stereocenters. The van der Waals surface area contributed by atoms with E-state index < -0.39 is 17.0 Å². The van der Waals surface area contributed by atoms with Gasteiger partial charge in [-0.25, -0.2) is 0 Å². The van der Waals surface area contributed by atoms with Crippen molar-refractivity contribution in [1.29, 1.82) is 0 Å². The van der Waals surface area contributed by atoms with Crippen LogP contribution in [0.15, 0.2) is 70.5 Å². The van der Waals surface area contributed by atoms with Crippen LogP contribution in [0.5, 0.6) is 5.75 Å². The van der Waals surface area contributed by atoms with E-state index in [0.717, 1.165) is 4.57 Å². The fourth-order valence-electron chi connectivity index (χ4n) is 2.79. The van der Waals surface area contributed by atoms with Gasteiger partial charge < -0.3 is 10.1 Å². The van der Waals surface area contributed by atoms with Gasteiger partial charge in [0.15, 0.2) is 5.78 Å². The summed E-state index contributed by atoms with van der Waals surface area (Å²) in [6, 6.07) is 13.2. The SMILES string of the molecule is COc1ccccc1-n1ccn(CC(=O)Nc2ccc(C(C)=O)cc2)c(=O)c1=O. The summed E-state index contributed by atoms with van der Waals surface area (Å²) in [6.07, 6.45) is 2.78. The van der Waals surface area contributed by atoms with Crippen LogP contribution in [0.3, 0.4) is 0 Å².